The smallest absolute Gasteiger partial charge is 0.00385 e. The van der Waals surface area contributed by atoms with Gasteiger partial charge in [-0.15, -0.1) is 0 Å². The number of nitrogens with zero attached hydrogens (tertiary/aromatic N) is 1. The first-order chi connectivity index (χ1) is 7.60. The van der Waals surface area contributed by atoms with Crippen molar-refractivity contribution in [3.8, 4) is 0 Å². The molecule has 0 heterocycles. The zero-order chi connectivity index (χ0) is 12.1. The molecule has 0 aromatic heterocycles. The fourth-order valence-corrected chi connectivity index (χ4v) is 3.35. The van der Waals surface area contributed by atoms with E-state index in [2.05, 4.69) is 39.5 Å². The third kappa shape index (κ3) is 3.48. The largest absolute Gasteiger partial charge is 0.301 e. The molecule has 1 nitrogen and oxygen atoms in total. The normalized spacial score (nSPS) is 27.9. The predicted molar refractivity (Wildman–Crippen MR) is 72.7 cm³/mol. The van der Waals surface area contributed by atoms with E-state index in [0.717, 1.165) is 17.8 Å². The lowest BCUT2D eigenvalue weighted by atomic mass is 9.83. The van der Waals surface area contributed by atoms with Gasteiger partial charge in [0.2, 0.25) is 0 Å². The van der Waals surface area contributed by atoms with Crippen molar-refractivity contribution in [3.63, 3.8) is 0 Å². The van der Waals surface area contributed by atoms with Gasteiger partial charge in [-0.1, -0.05) is 33.6 Å². The zero-order valence-electron chi connectivity index (χ0n) is 12.0. The maximum absolute atomic E-state index is 2.64. The van der Waals surface area contributed by atoms with Gasteiger partial charge in [0.25, 0.3) is 0 Å². The second-order valence-corrected chi connectivity index (χ2v) is 5.92. The summed E-state index contributed by atoms with van der Waals surface area (Å²) in [5, 5.41) is 0. The molecule has 0 bridgehead atoms. The summed E-state index contributed by atoms with van der Waals surface area (Å²) in [6, 6.07) is 0.711. The van der Waals surface area contributed by atoms with Gasteiger partial charge in [-0.3, -0.25) is 0 Å². The van der Waals surface area contributed by atoms with Gasteiger partial charge in [0.05, 0.1) is 0 Å². The maximum atomic E-state index is 2.64. The summed E-state index contributed by atoms with van der Waals surface area (Å²) in [6.45, 7) is 14.3. The van der Waals surface area contributed by atoms with Gasteiger partial charge in [0, 0.05) is 12.6 Å². The molecule has 0 saturated heterocycles. The van der Waals surface area contributed by atoms with E-state index in [-0.39, 0.29) is 0 Å². The topological polar surface area (TPSA) is 3.24 Å². The SMILES string of the molecule is CCC(C)C1CCC[C@H]1CN(CC)C(C)C. The van der Waals surface area contributed by atoms with Crippen LogP contribution in [0, 0.1) is 17.8 Å². The Hall–Kier alpha value is -0.0400. The predicted octanol–water partition coefficient (Wildman–Crippen LogP) is 4.18. The Balaban J connectivity index is 2.51. The summed E-state index contributed by atoms with van der Waals surface area (Å²) >= 11 is 0. The molecular formula is C15H31N. The molecule has 0 aromatic rings. The van der Waals surface area contributed by atoms with Gasteiger partial charge in [-0.2, -0.15) is 0 Å². The van der Waals surface area contributed by atoms with E-state index in [4.69, 9.17) is 0 Å². The molecule has 0 radical (unpaired) electrons. The monoisotopic (exact) mass is 225 g/mol. The van der Waals surface area contributed by atoms with E-state index in [9.17, 15) is 0 Å². The van der Waals surface area contributed by atoms with Crippen molar-refractivity contribution in [2.45, 2.75) is 66.3 Å². The lowest BCUT2D eigenvalue weighted by Gasteiger charge is -2.32. The lowest BCUT2D eigenvalue weighted by Crippen LogP contribution is -2.37. The molecule has 0 aromatic carbocycles. The van der Waals surface area contributed by atoms with Crippen molar-refractivity contribution in [1.82, 2.24) is 4.90 Å². The fraction of sp³-hybridized carbons (Fsp3) is 1.00. The zero-order valence-corrected chi connectivity index (χ0v) is 12.0. The van der Waals surface area contributed by atoms with E-state index >= 15 is 0 Å². The number of hydrogen-bond donors (Lipinski definition) is 0. The van der Waals surface area contributed by atoms with Gasteiger partial charge in [0.1, 0.15) is 0 Å². The van der Waals surface area contributed by atoms with Crippen molar-refractivity contribution in [2.24, 2.45) is 17.8 Å². The molecule has 3 atom stereocenters. The first kappa shape index (κ1) is 14.0. The molecular weight excluding hydrogens is 194 g/mol. The molecule has 0 N–H and O–H groups in total. The van der Waals surface area contributed by atoms with Crippen molar-refractivity contribution >= 4 is 0 Å². The molecule has 1 saturated carbocycles. The van der Waals surface area contributed by atoms with Crippen molar-refractivity contribution in [3.05, 3.63) is 0 Å². The van der Waals surface area contributed by atoms with Crippen molar-refractivity contribution in [1.29, 1.82) is 0 Å². The minimum absolute atomic E-state index is 0.711. The average Bonchev–Trinajstić information content (AvgIpc) is 2.72. The van der Waals surface area contributed by atoms with Crippen LogP contribution in [-0.2, 0) is 0 Å². The highest BCUT2D eigenvalue weighted by Crippen LogP contribution is 2.38. The van der Waals surface area contributed by atoms with Crippen LogP contribution in [0.4, 0.5) is 0 Å². The van der Waals surface area contributed by atoms with E-state index in [1.54, 1.807) is 0 Å². The number of rotatable bonds is 6. The van der Waals surface area contributed by atoms with Crippen LogP contribution in [0.5, 0.6) is 0 Å². The summed E-state index contributed by atoms with van der Waals surface area (Å²) in [4.78, 5) is 2.64. The molecule has 1 aliphatic carbocycles. The fourth-order valence-electron chi connectivity index (χ4n) is 3.35. The molecule has 0 aliphatic heterocycles. The molecule has 1 rings (SSSR count). The van der Waals surface area contributed by atoms with Crippen molar-refractivity contribution < 1.29 is 0 Å². The molecule has 1 heteroatoms. The summed E-state index contributed by atoms with van der Waals surface area (Å²) in [7, 11) is 0. The van der Waals surface area contributed by atoms with Crippen LogP contribution in [0.15, 0.2) is 0 Å². The Morgan fingerprint density at radius 2 is 1.81 bits per heavy atom. The second-order valence-electron chi connectivity index (χ2n) is 5.92. The van der Waals surface area contributed by atoms with Crippen LogP contribution in [0.1, 0.15) is 60.3 Å². The van der Waals surface area contributed by atoms with Crippen LogP contribution in [-0.4, -0.2) is 24.0 Å². The first-order valence-corrected chi connectivity index (χ1v) is 7.34. The molecule has 0 spiro atoms. The highest BCUT2D eigenvalue weighted by atomic mass is 15.1. The van der Waals surface area contributed by atoms with Crippen LogP contribution in [0.2, 0.25) is 0 Å². The van der Waals surface area contributed by atoms with Crippen LogP contribution >= 0.6 is 0 Å². The Bertz CT molecular complexity index is 188. The molecule has 2 unspecified atom stereocenters. The average molecular weight is 225 g/mol. The summed E-state index contributed by atoms with van der Waals surface area (Å²) in [5.74, 6) is 2.90. The third-order valence-corrected chi connectivity index (χ3v) is 4.70. The van der Waals surface area contributed by atoms with Gasteiger partial charge < -0.3 is 4.90 Å². The minimum Gasteiger partial charge on any atom is -0.301 e. The quantitative estimate of drug-likeness (QED) is 0.655. The van der Waals surface area contributed by atoms with E-state index in [1.165, 1.54) is 38.8 Å². The van der Waals surface area contributed by atoms with Crippen LogP contribution in [0.25, 0.3) is 0 Å². The molecule has 1 aliphatic rings. The molecule has 1 fully saturated rings. The molecule has 96 valence electrons. The number of hydrogen-bond acceptors (Lipinski definition) is 1. The Kier molecular flexibility index (Phi) is 5.82. The Labute approximate surface area is 103 Å². The highest BCUT2D eigenvalue weighted by Gasteiger charge is 2.31. The van der Waals surface area contributed by atoms with E-state index in [1.807, 2.05) is 0 Å². The Morgan fingerprint density at radius 1 is 1.12 bits per heavy atom. The molecule has 0 amide bonds. The van der Waals surface area contributed by atoms with E-state index < -0.39 is 0 Å². The van der Waals surface area contributed by atoms with Crippen LogP contribution in [0.3, 0.4) is 0 Å². The van der Waals surface area contributed by atoms with Gasteiger partial charge in [-0.25, -0.2) is 0 Å². The maximum Gasteiger partial charge on any atom is 0.00385 e. The van der Waals surface area contributed by atoms with Gasteiger partial charge >= 0.3 is 0 Å². The standard InChI is InChI=1S/C15H31N/c1-6-13(5)15-10-8-9-14(15)11-16(7-2)12(3)4/h12-15H,6-11H2,1-5H3/t13?,14-,15?/m0/s1. The summed E-state index contributed by atoms with van der Waals surface area (Å²) in [5.41, 5.74) is 0. The molecule has 16 heavy (non-hydrogen) atoms. The lowest BCUT2D eigenvalue weighted by molar-refractivity contribution is 0.154. The summed E-state index contributed by atoms with van der Waals surface area (Å²) < 4.78 is 0. The van der Waals surface area contributed by atoms with Crippen LogP contribution < -0.4 is 0 Å². The van der Waals surface area contributed by atoms with E-state index in [0.29, 0.717) is 6.04 Å². The van der Waals surface area contributed by atoms with Gasteiger partial charge in [0.15, 0.2) is 0 Å². The minimum atomic E-state index is 0.711. The van der Waals surface area contributed by atoms with Crippen molar-refractivity contribution in [2.75, 3.05) is 13.1 Å². The first-order valence-electron chi connectivity index (χ1n) is 7.34. The summed E-state index contributed by atoms with van der Waals surface area (Å²) in [6.07, 6.45) is 5.78. The van der Waals surface area contributed by atoms with Gasteiger partial charge in [-0.05, 0) is 51.0 Å². The second kappa shape index (κ2) is 6.64. The highest BCUT2D eigenvalue weighted by molar-refractivity contribution is 4.83. The third-order valence-electron chi connectivity index (χ3n) is 4.70. The Morgan fingerprint density at radius 3 is 2.31 bits per heavy atom.